The van der Waals surface area contributed by atoms with Crippen LogP contribution < -0.4 is 4.74 Å². The number of ether oxygens (including phenoxy) is 1. The van der Waals surface area contributed by atoms with E-state index in [4.69, 9.17) is 4.74 Å². The lowest BCUT2D eigenvalue weighted by atomic mass is 9.94. The van der Waals surface area contributed by atoms with Gasteiger partial charge in [0.1, 0.15) is 11.6 Å². The van der Waals surface area contributed by atoms with E-state index in [2.05, 4.69) is 15.9 Å². The molecule has 0 spiro atoms. The van der Waals surface area contributed by atoms with E-state index in [1.165, 1.54) is 13.2 Å². The lowest BCUT2D eigenvalue weighted by Gasteiger charge is -2.15. The molecule has 0 atom stereocenters. The van der Waals surface area contributed by atoms with Crippen LogP contribution in [0.1, 0.15) is 32.6 Å². The van der Waals surface area contributed by atoms with Gasteiger partial charge in [0.05, 0.1) is 18.2 Å². The quantitative estimate of drug-likeness (QED) is 0.746. The molecule has 0 radical (unpaired) electrons. The van der Waals surface area contributed by atoms with Gasteiger partial charge >= 0.3 is 0 Å². The van der Waals surface area contributed by atoms with Gasteiger partial charge in [-0.3, -0.25) is 4.79 Å². The number of methoxy groups -OCH3 is 1. The van der Waals surface area contributed by atoms with Gasteiger partial charge in [-0.15, -0.1) is 0 Å². The molecule has 2 nitrogen and oxygen atoms in total. The van der Waals surface area contributed by atoms with Crippen molar-refractivity contribution in [3.8, 4) is 5.75 Å². The average Bonchev–Trinajstić information content (AvgIpc) is 2.44. The number of rotatable bonds is 3. The molecule has 4 heteroatoms. The van der Waals surface area contributed by atoms with Crippen molar-refractivity contribution in [2.75, 3.05) is 7.11 Å². The zero-order chi connectivity index (χ0) is 15.7. The summed E-state index contributed by atoms with van der Waals surface area (Å²) in [6.07, 6.45) is 0. The predicted octanol–water partition coefficient (Wildman–Crippen LogP) is 4.75. The van der Waals surface area contributed by atoms with E-state index in [-0.39, 0.29) is 11.3 Å². The molecular formula is C17H16BrFO2. The van der Waals surface area contributed by atoms with Gasteiger partial charge in [0.2, 0.25) is 0 Å². The molecule has 0 aliphatic heterocycles. The summed E-state index contributed by atoms with van der Waals surface area (Å²) in [5.74, 6) is -0.363. The second-order valence-corrected chi connectivity index (χ2v) is 5.83. The van der Waals surface area contributed by atoms with Crippen molar-refractivity contribution in [2.24, 2.45) is 0 Å². The lowest BCUT2D eigenvalue weighted by molar-refractivity contribution is 0.103. The van der Waals surface area contributed by atoms with E-state index < -0.39 is 5.82 Å². The molecule has 2 aromatic rings. The monoisotopic (exact) mass is 350 g/mol. The molecule has 0 fully saturated rings. The summed E-state index contributed by atoms with van der Waals surface area (Å²) in [7, 11) is 1.51. The molecule has 0 aliphatic carbocycles. The molecule has 0 bridgehead atoms. The second-order valence-electron chi connectivity index (χ2n) is 4.97. The van der Waals surface area contributed by atoms with E-state index in [1.54, 1.807) is 19.1 Å². The zero-order valence-electron chi connectivity index (χ0n) is 12.4. The summed E-state index contributed by atoms with van der Waals surface area (Å²) >= 11 is 3.43. The van der Waals surface area contributed by atoms with E-state index in [1.807, 2.05) is 19.9 Å². The van der Waals surface area contributed by atoms with Crippen molar-refractivity contribution in [3.05, 3.63) is 62.4 Å². The highest BCUT2D eigenvalue weighted by Crippen LogP contribution is 2.34. The van der Waals surface area contributed by atoms with Crippen LogP contribution in [0, 0.1) is 26.6 Å². The first-order valence-electron chi connectivity index (χ1n) is 6.52. The third kappa shape index (κ3) is 2.72. The molecular weight excluding hydrogens is 335 g/mol. The summed E-state index contributed by atoms with van der Waals surface area (Å²) < 4.78 is 20.4. The standard InChI is InChI=1S/C17H16BrFO2/c1-9-6-5-7-12(15(9)19)16(20)14-11(3)13(18)8-10(2)17(14)21-4/h5-8H,1-4H3. The highest BCUT2D eigenvalue weighted by molar-refractivity contribution is 9.10. The Morgan fingerprint density at radius 3 is 2.48 bits per heavy atom. The first-order valence-corrected chi connectivity index (χ1v) is 7.31. The Balaban J connectivity index is 2.72. The van der Waals surface area contributed by atoms with Crippen LogP contribution in [0.3, 0.4) is 0 Å². The topological polar surface area (TPSA) is 26.3 Å². The fourth-order valence-corrected chi connectivity index (χ4v) is 2.89. The number of halogens is 2. The minimum atomic E-state index is -0.485. The average molecular weight is 351 g/mol. The van der Waals surface area contributed by atoms with Gasteiger partial charge in [-0.25, -0.2) is 4.39 Å². The number of carbonyl (C=O) groups excluding carboxylic acids is 1. The summed E-state index contributed by atoms with van der Waals surface area (Å²) in [5, 5.41) is 0. The fraction of sp³-hybridized carbons (Fsp3) is 0.235. The van der Waals surface area contributed by atoms with Gasteiger partial charge in [-0.2, -0.15) is 0 Å². The molecule has 0 heterocycles. The Morgan fingerprint density at radius 2 is 1.86 bits per heavy atom. The first-order chi connectivity index (χ1) is 9.88. The van der Waals surface area contributed by atoms with Gasteiger partial charge in [0, 0.05) is 4.47 Å². The maximum atomic E-state index is 14.2. The smallest absolute Gasteiger partial charge is 0.200 e. The number of hydrogen-bond donors (Lipinski definition) is 0. The molecule has 21 heavy (non-hydrogen) atoms. The van der Waals surface area contributed by atoms with Gasteiger partial charge < -0.3 is 4.74 Å². The normalized spacial score (nSPS) is 10.6. The number of hydrogen-bond acceptors (Lipinski definition) is 2. The largest absolute Gasteiger partial charge is 0.496 e. The van der Waals surface area contributed by atoms with Crippen molar-refractivity contribution in [2.45, 2.75) is 20.8 Å². The molecule has 0 aliphatic rings. The predicted molar refractivity (Wildman–Crippen MR) is 84.7 cm³/mol. The third-order valence-corrected chi connectivity index (χ3v) is 4.35. The van der Waals surface area contributed by atoms with Crippen molar-refractivity contribution < 1.29 is 13.9 Å². The minimum absolute atomic E-state index is 0.0638. The molecule has 0 amide bonds. The van der Waals surface area contributed by atoms with E-state index >= 15 is 0 Å². The SMILES string of the molecule is COc1c(C)cc(Br)c(C)c1C(=O)c1cccc(C)c1F. The van der Waals surface area contributed by atoms with Crippen molar-refractivity contribution >= 4 is 21.7 Å². The van der Waals surface area contributed by atoms with Crippen molar-refractivity contribution in [1.29, 1.82) is 0 Å². The molecule has 0 aromatic heterocycles. The summed E-state index contributed by atoms with van der Waals surface area (Å²) in [4.78, 5) is 12.8. The number of benzene rings is 2. The van der Waals surface area contributed by atoms with Gasteiger partial charge in [0.15, 0.2) is 5.78 Å². The molecule has 0 N–H and O–H groups in total. The Labute approximate surface area is 132 Å². The van der Waals surface area contributed by atoms with E-state index in [0.29, 0.717) is 16.9 Å². The highest BCUT2D eigenvalue weighted by Gasteiger charge is 2.23. The number of aryl methyl sites for hydroxylation is 2. The molecule has 0 saturated heterocycles. The summed E-state index contributed by atoms with van der Waals surface area (Å²) in [5.41, 5.74) is 2.47. The van der Waals surface area contributed by atoms with Crippen LogP contribution in [0.2, 0.25) is 0 Å². The van der Waals surface area contributed by atoms with Gasteiger partial charge in [0.25, 0.3) is 0 Å². The molecule has 2 aromatic carbocycles. The molecule has 110 valence electrons. The van der Waals surface area contributed by atoms with E-state index in [9.17, 15) is 9.18 Å². The molecule has 2 rings (SSSR count). The van der Waals surface area contributed by atoms with Crippen LogP contribution >= 0.6 is 15.9 Å². The maximum absolute atomic E-state index is 14.2. The lowest BCUT2D eigenvalue weighted by Crippen LogP contribution is -2.10. The van der Waals surface area contributed by atoms with Crippen molar-refractivity contribution in [3.63, 3.8) is 0 Å². The highest BCUT2D eigenvalue weighted by atomic mass is 79.9. The van der Waals surface area contributed by atoms with Gasteiger partial charge in [-0.05, 0) is 49.6 Å². The first kappa shape index (κ1) is 15.7. The summed E-state index contributed by atoms with van der Waals surface area (Å²) in [6, 6.07) is 6.71. The summed E-state index contributed by atoms with van der Waals surface area (Å²) in [6.45, 7) is 5.31. The van der Waals surface area contributed by atoms with Crippen LogP contribution in [-0.4, -0.2) is 12.9 Å². The Morgan fingerprint density at radius 1 is 1.19 bits per heavy atom. The van der Waals surface area contributed by atoms with Gasteiger partial charge in [-0.1, -0.05) is 28.1 Å². The van der Waals surface area contributed by atoms with Crippen LogP contribution in [0.25, 0.3) is 0 Å². The van der Waals surface area contributed by atoms with Crippen molar-refractivity contribution in [1.82, 2.24) is 0 Å². The zero-order valence-corrected chi connectivity index (χ0v) is 14.0. The number of ketones is 1. The minimum Gasteiger partial charge on any atom is -0.496 e. The Hall–Kier alpha value is -1.68. The maximum Gasteiger partial charge on any atom is 0.200 e. The second kappa shape index (κ2) is 5.98. The third-order valence-electron chi connectivity index (χ3n) is 3.53. The van der Waals surface area contributed by atoms with E-state index in [0.717, 1.165) is 15.6 Å². The Bertz CT molecular complexity index is 723. The number of carbonyl (C=O) groups is 1. The van der Waals surface area contributed by atoms with Crippen LogP contribution in [-0.2, 0) is 0 Å². The Kier molecular flexibility index (Phi) is 4.47. The van der Waals surface area contributed by atoms with Crippen LogP contribution in [0.15, 0.2) is 28.7 Å². The van der Waals surface area contributed by atoms with Crippen LogP contribution in [0.5, 0.6) is 5.75 Å². The molecule has 0 unspecified atom stereocenters. The fourth-order valence-electron chi connectivity index (χ4n) is 2.34. The molecule has 0 saturated carbocycles. The van der Waals surface area contributed by atoms with Crippen LogP contribution in [0.4, 0.5) is 4.39 Å².